The number of amides is 2. The summed E-state index contributed by atoms with van der Waals surface area (Å²) in [6, 6.07) is 32.6. The molecular formula is C58H72N4O8. The van der Waals surface area contributed by atoms with Gasteiger partial charge in [0.05, 0.1) is 24.7 Å². The number of hydrogen-bond donors (Lipinski definition) is 6. The van der Waals surface area contributed by atoms with Crippen LogP contribution in [0, 0.1) is 27.7 Å². The number of aromatic hydroxyl groups is 1. The molecule has 3 unspecified atom stereocenters. The quantitative estimate of drug-likeness (QED) is 0.0695. The molecule has 6 aromatic rings. The van der Waals surface area contributed by atoms with Gasteiger partial charge in [-0.1, -0.05) is 136 Å². The summed E-state index contributed by atoms with van der Waals surface area (Å²) in [4.78, 5) is 50.6. The number of phenols is 1. The van der Waals surface area contributed by atoms with Crippen LogP contribution >= 0.6 is 0 Å². The predicted molar refractivity (Wildman–Crippen MR) is 279 cm³/mol. The Bertz CT molecular complexity index is 2490. The van der Waals surface area contributed by atoms with E-state index in [2.05, 4.69) is 81.3 Å². The SMILES string of the molecule is CCCCN1CCCCC1C(=O)Nc1c(C)cccc1C.CCCC[NH+]1CCCCC1C(=O)Nc1c(C)cccc1C.O=C(O)c1ccc2ccccc2c1O.O=C(O)c1ccc2ccccc2c1[O-]. The van der Waals surface area contributed by atoms with Crippen LogP contribution in [-0.4, -0.2) is 82.2 Å². The van der Waals surface area contributed by atoms with Gasteiger partial charge in [0.1, 0.15) is 11.3 Å². The molecule has 3 atom stereocenters. The van der Waals surface area contributed by atoms with E-state index >= 15 is 0 Å². The van der Waals surface area contributed by atoms with Crippen molar-refractivity contribution in [1.82, 2.24) is 4.90 Å². The molecule has 2 aliphatic heterocycles. The number of quaternary nitrogens is 1. The molecule has 0 aromatic heterocycles. The topological polar surface area (TPSA) is 184 Å². The summed E-state index contributed by atoms with van der Waals surface area (Å²) in [6.45, 7) is 17.0. The molecule has 0 spiro atoms. The van der Waals surface area contributed by atoms with E-state index in [0.717, 1.165) is 89.8 Å². The number of aromatic carboxylic acids is 2. The summed E-state index contributed by atoms with van der Waals surface area (Å²) < 4.78 is 0. The Hall–Kier alpha value is -6.76. The van der Waals surface area contributed by atoms with E-state index in [9.17, 15) is 29.4 Å². The van der Waals surface area contributed by atoms with Crippen molar-refractivity contribution in [3.8, 4) is 11.5 Å². The largest absolute Gasteiger partial charge is 0.871 e. The van der Waals surface area contributed by atoms with Crippen LogP contribution in [0.2, 0.25) is 0 Å². The number of carboxylic acids is 2. The maximum atomic E-state index is 12.7. The number of hydrogen-bond acceptors (Lipinski definition) is 7. The van der Waals surface area contributed by atoms with Crippen LogP contribution in [-0.2, 0) is 9.59 Å². The number of benzene rings is 6. The highest BCUT2D eigenvalue weighted by Gasteiger charge is 2.32. The number of unbranched alkanes of at least 4 members (excludes halogenated alkanes) is 2. The van der Waals surface area contributed by atoms with Crippen molar-refractivity contribution in [2.45, 2.75) is 118 Å². The number of fused-ring (bicyclic) bond motifs is 2. The van der Waals surface area contributed by atoms with Crippen LogP contribution < -0.4 is 20.6 Å². The molecule has 372 valence electrons. The Morgan fingerprint density at radius 1 is 0.614 bits per heavy atom. The van der Waals surface area contributed by atoms with Gasteiger partial charge in [0.25, 0.3) is 5.91 Å². The van der Waals surface area contributed by atoms with Gasteiger partial charge in [0.2, 0.25) is 5.91 Å². The van der Waals surface area contributed by atoms with Crippen LogP contribution in [0.5, 0.6) is 11.5 Å². The van der Waals surface area contributed by atoms with Crippen LogP contribution in [0.25, 0.3) is 21.5 Å². The fourth-order valence-corrected chi connectivity index (χ4v) is 9.29. The molecule has 2 amide bonds. The smallest absolute Gasteiger partial charge is 0.339 e. The highest BCUT2D eigenvalue weighted by molar-refractivity contribution is 6.01. The summed E-state index contributed by atoms with van der Waals surface area (Å²) in [5.74, 6) is -2.51. The number of likely N-dealkylation sites (tertiary alicyclic amines) is 2. The minimum absolute atomic E-state index is 0.0457. The van der Waals surface area contributed by atoms with Gasteiger partial charge >= 0.3 is 11.9 Å². The maximum Gasteiger partial charge on any atom is 0.339 e. The Balaban J connectivity index is 0.000000177. The Morgan fingerprint density at radius 3 is 1.70 bits per heavy atom. The first kappa shape index (κ1) is 54.2. The van der Waals surface area contributed by atoms with Crippen molar-refractivity contribution in [1.29, 1.82) is 0 Å². The van der Waals surface area contributed by atoms with Crippen molar-refractivity contribution in [3.63, 3.8) is 0 Å². The molecule has 70 heavy (non-hydrogen) atoms. The molecular weight excluding hydrogens is 881 g/mol. The van der Waals surface area contributed by atoms with E-state index in [1.807, 2.05) is 30.3 Å². The molecule has 0 saturated carbocycles. The van der Waals surface area contributed by atoms with E-state index in [-0.39, 0.29) is 40.8 Å². The Morgan fingerprint density at radius 2 is 1.13 bits per heavy atom. The highest BCUT2D eigenvalue weighted by atomic mass is 16.4. The fraction of sp³-hybridized carbons (Fsp3) is 0.379. The van der Waals surface area contributed by atoms with Crippen LogP contribution in [0.4, 0.5) is 11.4 Å². The van der Waals surface area contributed by atoms with E-state index in [1.54, 1.807) is 42.5 Å². The molecule has 0 bridgehead atoms. The van der Waals surface area contributed by atoms with Crippen LogP contribution in [0.3, 0.4) is 0 Å². The third-order valence-corrected chi connectivity index (χ3v) is 13.3. The Kier molecular flexibility index (Phi) is 20.8. The lowest BCUT2D eigenvalue weighted by atomic mass is 10.00. The van der Waals surface area contributed by atoms with Gasteiger partial charge in [-0.05, 0) is 130 Å². The monoisotopic (exact) mass is 953 g/mol. The molecule has 0 aliphatic carbocycles. The molecule has 6 aromatic carbocycles. The molecule has 2 fully saturated rings. The number of carboxylic acid groups (broad SMARTS) is 2. The zero-order valence-electron chi connectivity index (χ0n) is 41.8. The number of para-hydroxylation sites is 2. The molecule has 8 rings (SSSR count). The first-order valence-corrected chi connectivity index (χ1v) is 24.9. The average Bonchev–Trinajstić information content (AvgIpc) is 3.36. The van der Waals surface area contributed by atoms with E-state index < -0.39 is 17.7 Å². The number of nitrogens with zero attached hydrogens (tertiary/aromatic N) is 1. The molecule has 12 heteroatoms. The zero-order valence-corrected chi connectivity index (χ0v) is 41.8. The average molecular weight is 953 g/mol. The van der Waals surface area contributed by atoms with Gasteiger partial charge in [-0.15, -0.1) is 0 Å². The predicted octanol–water partition coefficient (Wildman–Crippen LogP) is 10.2. The van der Waals surface area contributed by atoms with Crippen molar-refractivity contribution in [2.75, 3.05) is 36.8 Å². The summed E-state index contributed by atoms with van der Waals surface area (Å²) in [5.41, 5.74) is 6.32. The second-order valence-electron chi connectivity index (χ2n) is 18.4. The lowest BCUT2D eigenvalue weighted by Crippen LogP contribution is -3.17. The number of nitrogens with one attached hydrogen (secondary N) is 3. The van der Waals surface area contributed by atoms with Crippen LogP contribution in [0.15, 0.2) is 109 Å². The van der Waals surface area contributed by atoms with Crippen molar-refractivity contribution in [3.05, 3.63) is 143 Å². The van der Waals surface area contributed by atoms with E-state index in [0.29, 0.717) is 10.8 Å². The van der Waals surface area contributed by atoms with E-state index in [1.165, 1.54) is 62.0 Å². The normalized spacial score (nSPS) is 16.6. The molecule has 2 heterocycles. The highest BCUT2D eigenvalue weighted by Crippen LogP contribution is 2.29. The van der Waals surface area contributed by atoms with Gasteiger partial charge in [-0.25, -0.2) is 9.59 Å². The first-order chi connectivity index (χ1) is 33.7. The van der Waals surface area contributed by atoms with Gasteiger partial charge < -0.3 is 36.0 Å². The number of piperidine rings is 2. The minimum Gasteiger partial charge on any atom is -0.871 e. The van der Waals surface area contributed by atoms with Gasteiger partial charge in [-0.3, -0.25) is 14.5 Å². The summed E-state index contributed by atoms with van der Waals surface area (Å²) in [7, 11) is 0. The van der Waals surface area contributed by atoms with Crippen molar-refractivity contribution in [2.24, 2.45) is 0 Å². The minimum atomic E-state index is -1.18. The molecule has 0 radical (unpaired) electrons. The number of anilines is 2. The number of rotatable bonds is 12. The molecule has 2 aliphatic rings. The third kappa shape index (κ3) is 14.6. The van der Waals surface area contributed by atoms with Gasteiger partial charge in [-0.2, -0.15) is 0 Å². The lowest BCUT2D eigenvalue weighted by molar-refractivity contribution is -0.921. The number of carbonyl (C=O) groups is 4. The maximum absolute atomic E-state index is 12.7. The molecule has 12 nitrogen and oxygen atoms in total. The molecule has 6 N–H and O–H groups in total. The Labute approximate surface area is 413 Å². The number of carbonyl (C=O) groups excluding carboxylic acids is 2. The number of aryl methyl sites for hydroxylation is 4. The third-order valence-electron chi connectivity index (χ3n) is 13.3. The fourth-order valence-electron chi connectivity index (χ4n) is 9.29. The van der Waals surface area contributed by atoms with Crippen LogP contribution in [0.1, 0.15) is 121 Å². The van der Waals surface area contributed by atoms with Gasteiger partial charge in [0.15, 0.2) is 6.04 Å². The summed E-state index contributed by atoms with van der Waals surface area (Å²) >= 11 is 0. The summed E-state index contributed by atoms with van der Waals surface area (Å²) in [5, 5.41) is 47.7. The second-order valence-corrected chi connectivity index (χ2v) is 18.4. The zero-order chi connectivity index (χ0) is 50.7. The van der Waals surface area contributed by atoms with Crippen molar-refractivity contribution >= 4 is 56.7 Å². The first-order valence-electron chi connectivity index (χ1n) is 24.9. The van der Waals surface area contributed by atoms with Gasteiger partial charge in [0, 0.05) is 23.2 Å². The summed E-state index contributed by atoms with van der Waals surface area (Å²) in [6.07, 6.45) is 11.6. The van der Waals surface area contributed by atoms with E-state index in [4.69, 9.17) is 10.2 Å². The van der Waals surface area contributed by atoms with Crippen molar-refractivity contribution < 1.29 is 44.5 Å². The standard InChI is InChI=1S/2C18H28N2O.2C11H8O3/c2*1-4-5-12-20-13-7-6-11-16(20)18(21)19-17-14(2)9-8-10-15(17)3;2*12-10-8-4-2-1-3-7(8)5-6-9(10)11(13)14/h2*8-10,16H,4-7,11-13H2,1-3H3,(H,19,21);2*1-6,12H,(H,13,14). The molecule has 2 saturated heterocycles. The second kappa shape index (κ2) is 26.8. The lowest BCUT2D eigenvalue weighted by Gasteiger charge is -2.34.